The number of nitrogens with zero attached hydrogens (tertiary/aromatic N) is 3. The van der Waals surface area contributed by atoms with Crippen molar-refractivity contribution in [3.05, 3.63) is 15.4 Å². The van der Waals surface area contributed by atoms with Gasteiger partial charge in [-0.05, 0) is 31.9 Å². The van der Waals surface area contributed by atoms with Gasteiger partial charge in [-0.2, -0.15) is 0 Å². The van der Waals surface area contributed by atoms with E-state index >= 15 is 0 Å². The van der Waals surface area contributed by atoms with Gasteiger partial charge in [-0.15, -0.1) is 0 Å². The average Bonchev–Trinajstić information content (AvgIpc) is 2.14. The summed E-state index contributed by atoms with van der Waals surface area (Å²) >= 11 is 6.60. The van der Waals surface area contributed by atoms with Gasteiger partial charge in [0.05, 0.1) is 12.8 Å². The molecule has 0 radical (unpaired) electrons. The first-order chi connectivity index (χ1) is 6.65. The quantitative estimate of drug-likeness (QED) is 0.850. The Balaban J connectivity index is 2.74. The lowest BCUT2D eigenvalue weighted by molar-refractivity contribution is 0.206. The number of hydrogen-bond donors (Lipinski definition) is 0. The van der Waals surface area contributed by atoms with Gasteiger partial charge in [0.2, 0.25) is 0 Å². The molecule has 4 nitrogen and oxygen atoms in total. The predicted molar refractivity (Wildman–Crippen MR) is 62.6 cm³/mol. The van der Waals surface area contributed by atoms with Crippen molar-refractivity contribution in [1.82, 2.24) is 9.97 Å². The summed E-state index contributed by atoms with van der Waals surface area (Å²) in [6.45, 7) is 1.45. The zero-order chi connectivity index (χ0) is 10.6. The molecule has 0 fully saturated rings. The second-order valence-electron chi connectivity index (χ2n) is 2.72. The maximum Gasteiger partial charge on any atom is 0.161 e. The number of aromatic nitrogens is 2. The Bertz CT molecular complexity index is 309. The molecule has 0 unspecified atom stereocenters. The van der Waals surface area contributed by atoms with Crippen LogP contribution in [0.3, 0.4) is 0 Å². The monoisotopic (exact) mass is 323 g/mol. The van der Waals surface area contributed by atoms with Gasteiger partial charge in [0.25, 0.3) is 0 Å². The van der Waals surface area contributed by atoms with Gasteiger partial charge < -0.3 is 9.64 Å². The van der Waals surface area contributed by atoms with Crippen LogP contribution in [0.1, 0.15) is 0 Å². The van der Waals surface area contributed by atoms with Crippen LogP contribution in [0.4, 0.5) is 5.82 Å². The Kier molecular flexibility index (Phi) is 4.77. The summed E-state index contributed by atoms with van der Waals surface area (Å²) in [5.74, 6) is 0.810. The highest BCUT2D eigenvalue weighted by molar-refractivity contribution is 9.11. The molecule has 0 saturated carbocycles. The number of halogens is 2. The number of rotatable bonds is 4. The zero-order valence-electron chi connectivity index (χ0n) is 8.00. The highest BCUT2D eigenvalue weighted by atomic mass is 79.9. The van der Waals surface area contributed by atoms with Crippen molar-refractivity contribution < 1.29 is 4.74 Å². The standard InChI is InChI=1S/C8H11Br2N3O/c1-13(3-4-14-2)8-7(10)12-6(9)5-11-8/h5H,3-4H2,1-2H3. The molecule has 0 saturated heterocycles. The Labute approximate surface area is 99.9 Å². The molecule has 0 aliphatic carbocycles. The number of hydrogen-bond acceptors (Lipinski definition) is 4. The highest BCUT2D eigenvalue weighted by Gasteiger charge is 2.08. The second kappa shape index (κ2) is 5.63. The molecule has 1 aromatic rings. The summed E-state index contributed by atoms with van der Waals surface area (Å²) in [5, 5.41) is 0. The molecule has 0 N–H and O–H groups in total. The van der Waals surface area contributed by atoms with Gasteiger partial charge in [-0.3, -0.25) is 0 Å². The third-order valence-electron chi connectivity index (χ3n) is 1.68. The molecule has 0 aromatic carbocycles. The van der Waals surface area contributed by atoms with Crippen molar-refractivity contribution in [2.45, 2.75) is 0 Å². The smallest absolute Gasteiger partial charge is 0.161 e. The van der Waals surface area contributed by atoms with Crippen molar-refractivity contribution in [2.24, 2.45) is 0 Å². The fourth-order valence-electron chi connectivity index (χ4n) is 0.930. The summed E-state index contributed by atoms with van der Waals surface area (Å²) in [7, 11) is 3.62. The second-order valence-corrected chi connectivity index (χ2v) is 4.29. The van der Waals surface area contributed by atoms with Crippen molar-refractivity contribution in [3.63, 3.8) is 0 Å². The summed E-state index contributed by atoms with van der Waals surface area (Å²) in [4.78, 5) is 10.4. The lowest BCUT2D eigenvalue weighted by Crippen LogP contribution is -2.23. The third-order valence-corrected chi connectivity index (χ3v) is 2.59. The largest absolute Gasteiger partial charge is 0.383 e. The van der Waals surface area contributed by atoms with E-state index in [0.29, 0.717) is 11.2 Å². The molecule has 0 spiro atoms. The third kappa shape index (κ3) is 3.18. The van der Waals surface area contributed by atoms with E-state index in [4.69, 9.17) is 4.74 Å². The fourth-order valence-corrected chi connectivity index (χ4v) is 2.04. The number of ether oxygens (including phenoxy) is 1. The van der Waals surface area contributed by atoms with Crippen LogP contribution in [-0.4, -0.2) is 37.3 Å². The van der Waals surface area contributed by atoms with Gasteiger partial charge in [-0.1, -0.05) is 0 Å². The molecular weight excluding hydrogens is 314 g/mol. The Morgan fingerprint density at radius 3 is 2.79 bits per heavy atom. The van der Waals surface area contributed by atoms with Gasteiger partial charge in [0.15, 0.2) is 5.82 Å². The number of methoxy groups -OCH3 is 1. The molecule has 1 heterocycles. The van der Waals surface area contributed by atoms with E-state index in [1.54, 1.807) is 13.3 Å². The molecule has 0 aliphatic rings. The summed E-state index contributed by atoms with van der Waals surface area (Å²) in [6, 6.07) is 0. The minimum atomic E-state index is 0.667. The van der Waals surface area contributed by atoms with Gasteiger partial charge in [-0.25, -0.2) is 9.97 Å². The minimum Gasteiger partial charge on any atom is -0.383 e. The molecule has 6 heteroatoms. The molecule has 14 heavy (non-hydrogen) atoms. The lowest BCUT2D eigenvalue weighted by atomic mass is 10.5. The molecule has 0 amide bonds. The first kappa shape index (κ1) is 11.9. The first-order valence-electron chi connectivity index (χ1n) is 4.03. The number of likely N-dealkylation sites (N-methyl/N-ethyl adjacent to an activating group) is 1. The topological polar surface area (TPSA) is 38.2 Å². The van der Waals surface area contributed by atoms with E-state index in [0.717, 1.165) is 17.0 Å². The molecule has 1 aromatic heterocycles. The van der Waals surface area contributed by atoms with Crippen molar-refractivity contribution in [2.75, 3.05) is 32.2 Å². The van der Waals surface area contributed by atoms with Crippen molar-refractivity contribution in [1.29, 1.82) is 0 Å². The van der Waals surface area contributed by atoms with E-state index in [2.05, 4.69) is 41.8 Å². The molecular formula is C8H11Br2N3O. The SMILES string of the molecule is COCCN(C)c1ncc(Br)nc1Br. The van der Waals surface area contributed by atoms with Crippen LogP contribution in [0.2, 0.25) is 0 Å². The van der Waals surface area contributed by atoms with Gasteiger partial charge >= 0.3 is 0 Å². The lowest BCUT2D eigenvalue weighted by Gasteiger charge is -2.18. The van der Waals surface area contributed by atoms with Crippen LogP contribution in [-0.2, 0) is 4.74 Å². The molecule has 78 valence electrons. The van der Waals surface area contributed by atoms with Crippen LogP contribution < -0.4 is 4.90 Å². The van der Waals surface area contributed by atoms with Crippen LogP contribution in [0.5, 0.6) is 0 Å². The Hall–Kier alpha value is -0.200. The maximum atomic E-state index is 4.98. The molecule has 0 atom stereocenters. The number of anilines is 1. The first-order valence-corrected chi connectivity index (χ1v) is 5.62. The summed E-state index contributed by atoms with van der Waals surface area (Å²) in [6.07, 6.45) is 1.67. The summed E-state index contributed by atoms with van der Waals surface area (Å²) in [5.41, 5.74) is 0. The fraction of sp³-hybridized carbons (Fsp3) is 0.500. The van der Waals surface area contributed by atoms with Crippen LogP contribution in [0.25, 0.3) is 0 Å². The minimum absolute atomic E-state index is 0.667. The zero-order valence-corrected chi connectivity index (χ0v) is 11.2. The molecule has 1 rings (SSSR count). The highest BCUT2D eigenvalue weighted by Crippen LogP contribution is 2.21. The maximum absolute atomic E-state index is 4.98. The van der Waals surface area contributed by atoms with Gasteiger partial charge in [0.1, 0.15) is 9.21 Å². The molecule has 0 aliphatic heterocycles. The summed E-state index contributed by atoms with van der Waals surface area (Å²) < 4.78 is 6.43. The van der Waals surface area contributed by atoms with E-state index in [1.807, 2.05) is 11.9 Å². The van der Waals surface area contributed by atoms with Crippen LogP contribution in [0, 0.1) is 0 Å². The van der Waals surface area contributed by atoms with E-state index in [1.165, 1.54) is 0 Å². The predicted octanol–water partition coefficient (Wildman–Crippen LogP) is 2.08. The van der Waals surface area contributed by atoms with Crippen LogP contribution in [0.15, 0.2) is 15.4 Å². The van der Waals surface area contributed by atoms with Gasteiger partial charge in [0, 0.05) is 20.7 Å². The van der Waals surface area contributed by atoms with Crippen molar-refractivity contribution >= 4 is 37.7 Å². The Morgan fingerprint density at radius 2 is 2.21 bits per heavy atom. The van der Waals surface area contributed by atoms with Crippen LogP contribution >= 0.6 is 31.9 Å². The van der Waals surface area contributed by atoms with E-state index < -0.39 is 0 Å². The normalized spacial score (nSPS) is 10.3. The molecule has 0 bridgehead atoms. The van der Waals surface area contributed by atoms with Crippen molar-refractivity contribution in [3.8, 4) is 0 Å². The van der Waals surface area contributed by atoms with E-state index in [9.17, 15) is 0 Å². The Morgan fingerprint density at radius 1 is 1.50 bits per heavy atom. The van der Waals surface area contributed by atoms with E-state index in [-0.39, 0.29) is 0 Å². The average molecular weight is 325 g/mol.